The van der Waals surface area contributed by atoms with Crippen LogP contribution < -0.4 is 5.73 Å². The average Bonchev–Trinajstić information content (AvgIpc) is 3.08. The number of aromatic nitrogens is 1. The number of hydrogen-bond acceptors (Lipinski definition) is 4. The van der Waals surface area contributed by atoms with Gasteiger partial charge in [0.1, 0.15) is 11.6 Å². The van der Waals surface area contributed by atoms with Crippen molar-refractivity contribution < 1.29 is 17.6 Å². The lowest BCUT2D eigenvalue weighted by atomic mass is 9.77. The lowest BCUT2D eigenvalue weighted by molar-refractivity contribution is 0.130. The second kappa shape index (κ2) is 6.14. The van der Waals surface area contributed by atoms with Crippen molar-refractivity contribution >= 4 is 0 Å². The van der Waals surface area contributed by atoms with Crippen LogP contribution in [0.25, 0.3) is 0 Å². The van der Waals surface area contributed by atoms with E-state index in [1.807, 2.05) is 6.92 Å². The summed E-state index contributed by atoms with van der Waals surface area (Å²) >= 11 is 0. The molecule has 0 unspecified atom stereocenters. The lowest BCUT2D eigenvalue weighted by Gasteiger charge is -2.38. The molecule has 1 aliphatic carbocycles. The van der Waals surface area contributed by atoms with Crippen LogP contribution in [0.15, 0.2) is 16.5 Å². The Labute approximate surface area is 143 Å². The number of hydrogen-bond donors (Lipinski definition) is 1. The van der Waals surface area contributed by atoms with E-state index in [0.29, 0.717) is 31.3 Å². The second-order valence-corrected chi connectivity index (χ2v) is 7.03. The molecule has 4 rings (SSSR count). The number of oxazole rings is 1. The number of halogens is 3. The highest BCUT2D eigenvalue weighted by atomic mass is 19.2. The minimum absolute atomic E-state index is 0.176. The van der Waals surface area contributed by atoms with Gasteiger partial charge >= 0.3 is 0 Å². The molecule has 1 aromatic heterocycles. The molecule has 1 aliphatic heterocycles. The van der Waals surface area contributed by atoms with E-state index in [1.165, 1.54) is 0 Å². The molecular formula is C18H20F3N3O. The van der Waals surface area contributed by atoms with E-state index in [2.05, 4.69) is 9.88 Å². The quantitative estimate of drug-likeness (QED) is 0.843. The zero-order valence-corrected chi connectivity index (χ0v) is 13.9. The SMILES string of the molecule is Cc1nc2c(o1)CN([C@H]1CC[C@H](c3cc(F)c(F)cc3F)[C@@H](N)C1)C2. The summed E-state index contributed by atoms with van der Waals surface area (Å²) in [6.07, 6.45) is 2.13. The summed E-state index contributed by atoms with van der Waals surface area (Å²) in [7, 11) is 0. The predicted molar refractivity (Wildman–Crippen MR) is 85.2 cm³/mol. The van der Waals surface area contributed by atoms with Crippen molar-refractivity contribution in [2.24, 2.45) is 5.73 Å². The fraction of sp³-hybridized carbons (Fsp3) is 0.500. The van der Waals surface area contributed by atoms with Gasteiger partial charge in [-0.1, -0.05) is 0 Å². The van der Waals surface area contributed by atoms with Gasteiger partial charge in [0, 0.05) is 37.5 Å². The first-order valence-corrected chi connectivity index (χ1v) is 8.51. The Morgan fingerprint density at radius 1 is 1.12 bits per heavy atom. The molecule has 2 N–H and O–H groups in total. The molecule has 0 bridgehead atoms. The zero-order chi connectivity index (χ0) is 17.7. The molecule has 3 atom stereocenters. The fourth-order valence-electron chi connectivity index (χ4n) is 4.17. The maximum absolute atomic E-state index is 14.1. The smallest absolute Gasteiger partial charge is 0.191 e. The lowest BCUT2D eigenvalue weighted by Crippen LogP contribution is -2.44. The van der Waals surface area contributed by atoms with Crippen LogP contribution in [0.2, 0.25) is 0 Å². The maximum Gasteiger partial charge on any atom is 0.191 e. The normalized spacial score (nSPS) is 26.8. The molecule has 1 fully saturated rings. The highest BCUT2D eigenvalue weighted by molar-refractivity contribution is 5.26. The van der Waals surface area contributed by atoms with Crippen LogP contribution in [0.1, 0.15) is 48.1 Å². The molecule has 2 aliphatic rings. The number of benzene rings is 1. The minimum Gasteiger partial charge on any atom is -0.444 e. The summed E-state index contributed by atoms with van der Waals surface area (Å²) in [6.45, 7) is 3.27. The molecular weight excluding hydrogens is 331 g/mol. The first-order chi connectivity index (χ1) is 11.9. The Morgan fingerprint density at radius 2 is 1.88 bits per heavy atom. The summed E-state index contributed by atoms with van der Waals surface area (Å²) in [5, 5.41) is 0. The summed E-state index contributed by atoms with van der Waals surface area (Å²) in [5.41, 5.74) is 7.43. The van der Waals surface area contributed by atoms with Crippen LogP contribution in [0.5, 0.6) is 0 Å². The molecule has 7 heteroatoms. The van der Waals surface area contributed by atoms with E-state index in [4.69, 9.17) is 10.2 Å². The summed E-state index contributed by atoms with van der Waals surface area (Å²) in [6, 6.07) is 1.51. The first-order valence-electron chi connectivity index (χ1n) is 8.51. The van der Waals surface area contributed by atoms with Gasteiger partial charge in [-0.05, 0) is 30.9 Å². The molecule has 0 saturated heterocycles. The van der Waals surface area contributed by atoms with Gasteiger partial charge in [0.05, 0.1) is 12.2 Å². The zero-order valence-electron chi connectivity index (χ0n) is 13.9. The number of fused-ring (bicyclic) bond motifs is 1. The second-order valence-electron chi connectivity index (χ2n) is 7.03. The Hall–Kier alpha value is -1.86. The highest BCUT2D eigenvalue weighted by Crippen LogP contribution is 2.38. The van der Waals surface area contributed by atoms with Crippen LogP contribution >= 0.6 is 0 Å². The van der Waals surface area contributed by atoms with Gasteiger partial charge in [-0.25, -0.2) is 18.2 Å². The van der Waals surface area contributed by atoms with Gasteiger partial charge in [-0.2, -0.15) is 0 Å². The summed E-state index contributed by atoms with van der Waals surface area (Å²) in [5.74, 6) is -1.64. The molecule has 0 radical (unpaired) electrons. The monoisotopic (exact) mass is 351 g/mol. The molecule has 25 heavy (non-hydrogen) atoms. The van der Waals surface area contributed by atoms with E-state index in [1.54, 1.807) is 0 Å². The Balaban J connectivity index is 1.46. The third kappa shape index (κ3) is 2.95. The van der Waals surface area contributed by atoms with Gasteiger partial charge < -0.3 is 10.2 Å². The number of rotatable bonds is 2. The molecule has 1 saturated carbocycles. The Kier molecular flexibility index (Phi) is 4.08. The molecule has 2 aromatic rings. The number of nitrogens with zero attached hydrogens (tertiary/aromatic N) is 2. The standard InChI is InChI=1S/C18H20F3N3O/c1-9-23-17-7-24(8-18(17)25-9)10-2-3-11(16(22)4-10)12-5-14(20)15(21)6-13(12)19/h5-6,10-11,16H,2-4,7-8,22H2,1H3/t10-,11+,16-/m0/s1. The van der Waals surface area contributed by atoms with Crippen molar-refractivity contribution in [3.05, 3.63) is 52.5 Å². The van der Waals surface area contributed by atoms with Crippen molar-refractivity contribution in [1.29, 1.82) is 0 Å². The molecule has 2 heterocycles. The van der Waals surface area contributed by atoms with E-state index >= 15 is 0 Å². The first kappa shape index (κ1) is 16.6. The van der Waals surface area contributed by atoms with Crippen LogP contribution in [0, 0.1) is 24.4 Å². The average molecular weight is 351 g/mol. The third-order valence-electron chi connectivity index (χ3n) is 5.41. The molecule has 0 amide bonds. The number of aryl methyl sites for hydroxylation is 1. The summed E-state index contributed by atoms with van der Waals surface area (Å²) in [4.78, 5) is 6.66. The van der Waals surface area contributed by atoms with E-state index < -0.39 is 17.5 Å². The van der Waals surface area contributed by atoms with Crippen LogP contribution in [-0.4, -0.2) is 22.0 Å². The van der Waals surface area contributed by atoms with E-state index in [9.17, 15) is 13.2 Å². The Morgan fingerprint density at radius 3 is 2.60 bits per heavy atom. The van der Waals surface area contributed by atoms with E-state index in [0.717, 1.165) is 30.5 Å². The fourth-order valence-corrected chi connectivity index (χ4v) is 4.17. The van der Waals surface area contributed by atoms with Gasteiger partial charge in [0.15, 0.2) is 17.5 Å². The van der Waals surface area contributed by atoms with Crippen LogP contribution in [0.3, 0.4) is 0 Å². The van der Waals surface area contributed by atoms with Crippen molar-refractivity contribution in [1.82, 2.24) is 9.88 Å². The summed E-state index contributed by atoms with van der Waals surface area (Å²) < 4.78 is 46.3. The van der Waals surface area contributed by atoms with Gasteiger partial charge in [0.2, 0.25) is 0 Å². The van der Waals surface area contributed by atoms with Gasteiger partial charge in [-0.3, -0.25) is 4.90 Å². The van der Waals surface area contributed by atoms with Crippen molar-refractivity contribution in [3.8, 4) is 0 Å². The van der Waals surface area contributed by atoms with Crippen molar-refractivity contribution in [2.75, 3.05) is 0 Å². The van der Waals surface area contributed by atoms with Crippen molar-refractivity contribution in [3.63, 3.8) is 0 Å². The van der Waals surface area contributed by atoms with Gasteiger partial charge in [0.25, 0.3) is 0 Å². The predicted octanol–water partition coefficient (Wildman–Crippen LogP) is 3.38. The molecule has 0 spiro atoms. The van der Waals surface area contributed by atoms with E-state index in [-0.39, 0.29) is 23.6 Å². The Bertz CT molecular complexity index is 784. The van der Waals surface area contributed by atoms with Crippen molar-refractivity contribution in [2.45, 2.75) is 57.3 Å². The minimum atomic E-state index is -1.17. The highest BCUT2D eigenvalue weighted by Gasteiger charge is 2.37. The number of nitrogens with two attached hydrogens (primary N) is 1. The van der Waals surface area contributed by atoms with Gasteiger partial charge in [-0.15, -0.1) is 0 Å². The van der Waals surface area contributed by atoms with Crippen LogP contribution in [0.4, 0.5) is 13.2 Å². The third-order valence-corrected chi connectivity index (χ3v) is 5.41. The molecule has 1 aromatic carbocycles. The topological polar surface area (TPSA) is 55.3 Å². The van der Waals surface area contributed by atoms with Crippen LogP contribution in [-0.2, 0) is 13.1 Å². The molecule has 4 nitrogen and oxygen atoms in total. The maximum atomic E-state index is 14.1. The molecule has 134 valence electrons. The largest absolute Gasteiger partial charge is 0.444 e.